The number of hydrogen-bond donors (Lipinski definition) is 0. The molecule has 0 saturated heterocycles. The van der Waals surface area contributed by atoms with Gasteiger partial charge in [0.2, 0.25) is 0 Å². The van der Waals surface area contributed by atoms with Gasteiger partial charge in [0, 0.05) is 19.6 Å². The zero-order valence-corrected chi connectivity index (χ0v) is 15.8. The molecule has 3 heteroatoms. The Labute approximate surface area is 147 Å². The molecule has 0 bridgehead atoms. The number of benzene rings is 1. The van der Waals surface area contributed by atoms with E-state index in [-0.39, 0.29) is 0 Å². The summed E-state index contributed by atoms with van der Waals surface area (Å²) in [6.45, 7) is 13.4. The summed E-state index contributed by atoms with van der Waals surface area (Å²) in [5.41, 5.74) is 4.57. The molecule has 1 rings (SSSR count). The largest absolute Gasteiger partial charge is 0.501 e. The summed E-state index contributed by atoms with van der Waals surface area (Å²) in [7, 11) is 0. The summed E-state index contributed by atoms with van der Waals surface area (Å²) in [5, 5.41) is 0. The van der Waals surface area contributed by atoms with Gasteiger partial charge in [-0.1, -0.05) is 32.0 Å². The Kier molecular flexibility index (Phi) is 9.94. The summed E-state index contributed by atoms with van der Waals surface area (Å²) in [4.78, 5) is 0. The third kappa shape index (κ3) is 8.21. The average molecular weight is 332 g/mol. The Morgan fingerprint density at radius 3 is 2.21 bits per heavy atom. The average Bonchev–Trinajstić information content (AvgIpc) is 2.57. The minimum atomic E-state index is 0.533. The molecule has 0 aromatic heterocycles. The van der Waals surface area contributed by atoms with Crippen LogP contribution in [0, 0.1) is 5.92 Å². The zero-order valence-electron chi connectivity index (χ0n) is 15.8. The maximum atomic E-state index is 5.61. The molecule has 0 radical (unpaired) electrons. The van der Waals surface area contributed by atoms with Gasteiger partial charge in [0.25, 0.3) is 0 Å². The van der Waals surface area contributed by atoms with Crippen LogP contribution in [0.2, 0.25) is 0 Å². The molecule has 0 aliphatic heterocycles. The Hall–Kier alpha value is -1.74. The maximum Gasteiger partial charge on any atom is 0.0896 e. The van der Waals surface area contributed by atoms with Crippen LogP contribution in [0.25, 0.3) is 11.1 Å². The summed E-state index contributed by atoms with van der Waals surface area (Å²) >= 11 is 0. The molecule has 0 amide bonds. The van der Waals surface area contributed by atoms with E-state index in [1.807, 2.05) is 19.4 Å². The highest BCUT2D eigenvalue weighted by Crippen LogP contribution is 2.20. The standard InChI is InChI=1S/C21H32O3/c1-6-22-11-8-12-23-15-18(4)20-9-7-10-21(13-20)19(5)16-24-14-17(2)3/h7,9-10,13,15-17H,6,8,11-12,14H2,1-5H3. The predicted molar refractivity (Wildman–Crippen MR) is 102 cm³/mol. The zero-order chi connectivity index (χ0) is 17.8. The number of hydrogen-bond acceptors (Lipinski definition) is 3. The summed E-state index contributed by atoms with van der Waals surface area (Å²) in [5.74, 6) is 0.533. The monoisotopic (exact) mass is 332 g/mol. The number of rotatable bonds is 11. The highest BCUT2D eigenvalue weighted by molar-refractivity contribution is 5.70. The highest BCUT2D eigenvalue weighted by atomic mass is 16.5. The van der Waals surface area contributed by atoms with Crippen LogP contribution in [0.15, 0.2) is 36.8 Å². The van der Waals surface area contributed by atoms with Gasteiger partial charge in [0.1, 0.15) is 0 Å². The first-order valence-electron chi connectivity index (χ1n) is 8.79. The van der Waals surface area contributed by atoms with Gasteiger partial charge in [0.15, 0.2) is 0 Å². The van der Waals surface area contributed by atoms with Crippen molar-refractivity contribution in [3.63, 3.8) is 0 Å². The van der Waals surface area contributed by atoms with Gasteiger partial charge >= 0.3 is 0 Å². The fourth-order valence-electron chi connectivity index (χ4n) is 2.08. The van der Waals surface area contributed by atoms with Crippen molar-refractivity contribution >= 4 is 11.1 Å². The lowest BCUT2D eigenvalue weighted by molar-refractivity contribution is 0.122. The van der Waals surface area contributed by atoms with E-state index in [9.17, 15) is 0 Å². The third-order valence-electron chi connectivity index (χ3n) is 3.48. The van der Waals surface area contributed by atoms with Gasteiger partial charge in [-0.2, -0.15) is 0 Å². The van der Waals surface area contributed by atoms with Crippen LogP contribution in [0.5, 0.6) is 0 Å². The van der Waals surface area contributed by atoms with Crippen LogP contribution in [-0.2, 0) is 14.2 Å². The van der Waals surface area contributed by atoms with Gasteiger partial charge < -0.3 is 14.2 Å². The topological polar surface area (TPSA) is 27.7 Å². The van der Waals surface area contributed by atoms with Gasteiger partial charge in [0.05, 0.1) is 25.7 Å². The molecule has 0 saturated carbocycles. The predicted octanol–water partition coefficient (Wildman–Crippen LogP) is 5.52. The van der Waals surface area contributed by atoms with Crippen molar-refractivity contribution in [3.05, 3.63) is 47.9 Å². The third-order valence-corrected chi connectivity index (χ3v) is 3.48. The van der Waals surface area contributed by atoms with Crippen molar-refractivity contribution in [2.45, 2.75) is 41.0 Å². The van der Waals surface area contributed by atoms with Crippen molar-refractivity contribution in [3.8, 4) is 0 Å². The van der Waals surface area contributed by atoms with E-state index < -0.39 is 0 Å². The van der Waals surface area contributed by atoms with E-state index in [1.54, 1.807) is 0 Å². The second-order valence-electron chi connectivity index (χ2n) is 6.33. The molecule has 0 fully saturated rings. The van der Waals surface area contributed by atoms with Gasteiger partial charge in [-0.25, -0.2) is 0 Å². The molecule has 1 aromatic rings. The Balaban J connectivity index is 2.59. The highest BCUT2D eigenvalue weighted by Gasteiger charge is 2.01. The van der Waals surface area contributed by atoms with E-state index in [0.717, 1.165) is 43.0 Å². The van der Waals surface area contributed by atoms with Crippen molar-refractivity contribution in [1.29, 1.82) is 0 Å². The molecule has 0 atom stereocenters. The molecule has 24 heavy (non-hydrogen) atoms. The second kappa shape index (κ2) is 11.7. The lowest BCUT2D eigenvalue weighted by Crippen LogP contribution is -1.98. The van der Waals surface area contributed by atoms with Crippen molar-refractivity contribution in [2.24, 2.45) is 5.92 Å². The summed E-state index contributed by atoms with van der Waals surface area (Å²) in [6, 6.07) is 8.43. The quantitative estimate of drug-likeness (QED) is 0.394. The Morgan fingerprint density at radius 1 is 1.00 bits per heavy atom. The fraction of sp³-hybridized carbons (Fsp3) is 0.524. The first kappa shape index (κ1) is 20.3. The van der Waals surface area contributed by atoms with Gasteiger partial charge in [-0.15, -0.1) is 0 Å². The molecule has 0 spiro atoms. The molecule has 0 unspecified atom stereocenters. The maximum absolute atomic E-state index is 5.61. The van der Waals surface area contributed by atoms with Crippen LogP contribution in [-0.4, -0.2) is 26.4 Å². The normalized spacial score (nSPS) is 12.6. The number of allylic oxidation sites excluding steroid dienone is 2. The van der Waals surface area contributed by atoms with Crippen molar-refractivity contribution in [2.75, 3.05) is 26.4 Å². The Morgan fingerprint density at radius 2 is 1.62 bits per heavy atom. The van der Waals surface area contributed by atoms with Gasteiger partial charge in [-0.05, 0) is 55.0 Å². The van der Waals surface area contributed by atoms with Crippen LogP contribution in [0.3, 0.4) is 0 Å². The van der Waals surface area contributed by atoms with E-state index in [0.29, 0.717) is 12.5 Å². The summed E-state index contributed by atoms with van der Waals surface area (Å²) < 4.78 is 16.5. The second-order valence-corrected chi connectivity index (χ2v) is 6.33. The lowest BCUT2D eigenvalue weighted by atomic mass is 10.0. The molecular formula is C21H32O3. The van der Waals surface area contributed by atoms with E-state index in [1.165, 1.54) is 5.56 Å². The van der Waals surface area contributed by atoms with E-state index in [4.69, 9.17) is 14.2 Å². The molecule has 1 aromatic carbocycles. The van der Waals surface area contributed by atoms with Crippen molar-refractivity contribution in [1.82, 2.24) is 0 Å². The number of ether oxygens (including phenoxy) is 3. The molecule has 0 heterocycles. The van der Waals surface area contributed by atoms with Crippen LogP contribution < -0.4 is 0 Å². The Bertz CT molecular complexity index is 530. The fourth-order valence-corrected chi connectivity index (χ4v) is 2.08. The van der Waals surface area contributed by atoms with Crippen LogP contribution in [0.4, 0.5) is 0 Å². The minimum absolute atomic E-state index is 0.533. The van der Waals surface area contributed by atoms with Crippen LogP contribution >= 0.6 is 0 Å². The molecule has 0 N–H and O–H groups in total. The minimum Gasteiger partial charge on any atom is -0.501 e. The van der Waals surface area contributed by atoms with Crippen LogP contribution in [0.1, 0.15) is 52.2 Å². The molecule has 134 valence electrons. The van der Waals surface area contributed by atoms with E-state index in [2.05, 4.69) is 52.0 Å². The first-order chi connectivity index (χ1) is 11.5. The lowest BCUT2D eigenvalue weighted by Gasteiger charge is -2.09. The smallest absolute Gasteiger partial charge is 0.0896 e. The van der Waals surface area contributed by atoms with E-state index >= 15 is 0 Å². The molecule has 0 aliphatic carbocycles. The molecule has 0 aliphatic rings. The first-order valence-corrected chi connectivity index (χ1v) is 8.79. The van der Waals surface area contributed by atoms with Gasteiger partial charge in [-0.3, -0.25) is 0 Å². The molecule has 3 nitrogen and oxygen atoms in total. The summed E-state index contributed by atoms with van der Waals surface area (Å²) in [6.07, 6.45) is 4.59. The molecular weight excluding hydrogens is 300 g/mol. The SMILES string of the molecule is CCOCCCOC=C(C)c1cccc(C(C)=COCC(C)C)c1. The van der Waals surface area contributed by atoms with Crippen molar-refractivity contribution < 1.29 is 14.2 Å².